The highest BCUT2D eigenvalue weighted by atomic mass is 35.5. The summed E-state index contributed by atoms with van der Waals surface area (Å²) in [6.45, 7) is 0. The molecule has 0 aliphatic carbocycles. The van der Waals surface area contributed by atoms with Crippen molar-refractivity contribution in [3.63, 3.8) is 0 Å². The molecule has 2 saturated heterocycles. The van der Waals surface area contributed by atoms with Crippen LogP contribution in [0, 0.1) is 0 Å². The third-order valence-corrected chi connectivity index (χ3v) is 3.84. The Labute approximate surface area is 73.7 Å². The van der Waals surface area contributed by atoms with Gasteiger partial charge in [-0.1, -0.05) is 6.42 Å². The summed E-state index contributed by atoms with van der Waals surface area (Å²) in [6.07, 6.45) is 6.67. The van der Waals surface area contributed by atoms with E-state index in [1.165, 1.54) is 32.1 Å². The Bertz CT molecular complexity index is 148. The molecule has 0 aromatic carbocycles. The molecular weight excluding hydrogens is 158 g/mol. The Kier molecular flexibility index (Phi) is 2.11. The van der Waals surface area contributed by atoms with Gasteiger partial charge >= 0.3 is 0 Å². The fourth-order valence-corrected chi connectivity index (χ4v) is 3.00. The number of rotatable bonds is 0. The molecule has 0 radical (unpaired) electrons. The van der Waals surface area contributed by atoms with Crippen molar-refractivity contribution in [1.29, 1.82) is 0 Å². The minimum atomic E-state index is 0.427. The van der Waals surface area contributed by atoms with E-state index in [-0.39, 0.29) is 0 Å². The molecule has 0 aromatic heterocycles. The number of nitrogens with zero attached hydrogens (tertiary/aromatic N) is 1. The summed E-state index contributed by atoms with van der Waals surface area (Å²) in [5.41, 5.74) is 0. The van der Waals surface area contributed by atoms with E-state index < -0.39 is 0 Å². The van der Waals surface area contributed by atoms with Crippen molar-refractivity contribution in [3.8, 4) is 0 Å². The van der Waals surface area contributed by atoms with Gasteiger partial charge in [0.15, 0.2) is 0 Å². The van der Waals surface area contributed by atoms with Crippen LogP contribution in [-0.4, -0.2) is 29.4 Å². The standard InChI is InChI=1S/C9H16ClN/c1-11-7-3-2-4-9(11)8(10)6-5-7/h7-9H,2-6H2,1H3/t7-,8-,9+/m0/s1. The molecule has 2 rings (SSSR count). The van der Waals surface area contributed by atoms with E-state index in [2.05, 4.69) is 11.9 Å². The van der Waals surface area contributed by atoms with Gasteiger partial charge in [0.2, 0.25) is 0 Å². The first-order valence-corrected chi connectivity index (χ1v) is 5.08. The normalized spacial score (nSPS) is 45.8. The second-order valence-corrected chi connectivity index (χ2v) is 4.47. The number of halogens is 1. The molecule has 64 valence electrons. The molecule has 2 heteroatoms. The molecule has 0 amide bonds. The molecule has 2 aliphatic rings. The third kappa shape index (κ3) is 1.29. The molecular formula is C9H16ClN. The first kappa shape index (κ1) is 7.88. The number of hydrogen-bond acceptors (Lipinski definition) is 1. The first-order chi connectivity index (χ1) is 5.29. The Balaban J connectivity index is 2.09. The summed E-state index contributed by atoms with van der Waals surface area (Å²) in [5.74, 6) is 0. The van der Waals surface area contributed by atoms with Gasteiger partial charge in [-0.3, -0.25) is 4.90 Å². The van der Waals surface area contributed by atoms with Gasteiger partial charge in [0.1, 0.15) is 0 Å². The SMILES string of the molecule is CN1[C@H]2CCC[C@@H]1[C@@H](Cl)CC2. The zero-order valence-electron chi connectivity index (χ0n) is 7.09. The smallest absolute Gasteiger partial charge is 0.0492 e. The summed E-state index contributed by atoms with van der Waals surface area (Å²) >= 11 is 6.24. The Morgan fingerprint density at radius 2 is 2.00 bits per heavy atom. The van der Waals surface area contributed by atoms with Crippen molar-refractivity contribution in [3.05, 3.63) is 0 Å². The van der Waals surface area contributed by atoms with Crippen molar-refractivity contribution in [2.24, 2.45) is 0 Å². The van der Waals surface area contributed by atoms with E-state index >= 15 is 0 Å². The molecule has 2 fully saturated rings. The summed E-state index contributed by atoms with van der Waals surface area (Å²) in [5, 5.41) is 0.427. The highest BCUT2D eigenvalue weighted by Crippen LogP contribution is 2.34. The maximum absolute atomic E-state index is 6.24. The number of hydrogen-bond donors (Lipinski definition) is 0. The molecule has 0 aromatic rings. The lowest BCUT2D eigenvalue weighted by Gasteiger charge is -2.46. The van der Waals surface area contributed by atoms with Crippen molar-refractivity contribution in [1.82, 2.24) is 4.90 Å². The molecule has 1 nitrogen and oxygen atoms in total. The first-order valence-electron chi connectivity index (χ1n) is 4.65. The Morgan fingerprint density at radius 1 is 1.18 bits per heavy atom. The fraction of sp³-hybridized carbons (Fsp3) is 1.00. The molecule has 0 N–H and O–H groups in total. The quantitative estimate of drug-likeness (QED) is 0.508. The molecule has 0 unspecified atom stereocenters. The number of piperidine rings is 2. The summed E-state index contributed by atoms with van der Waals surface area (Å²) in [4.78, 5) is 2.50. The van der Waals surface area contributed by atoms with Crippen molar-refractivity contribution >= 4 is 11.6 Å². The zero-order chi connectivity index (χ0) is 7.84. The minimum absolute atomic E-state index is 0.427. The van der Waals surface area contributed by atoms with Crippen molar-refractivity contribution < 1.29 is 0 Å². The van der Waals surface area contributed by atoms with Gasteiger partial charge < -0.3 is 0 Å². The lowest BCUT2D eigenvalue weighted by atomic mass is 9.85. The van der Waals surface area contributed by atoms with Crippen LogP contribution < -0.4 is 0 Å². The van der Waals surface area contributed by atoms with Crippen LogP contribution in [0.25, 0.3) is 0 Å². The molecule has 2 heterocycles. The van der Waals surface area contributed by atoms with E-state index in [9.17, 15) is 0 Å². The van der Waals surface area contributed by atoms with Gasteiger partial charge in [-0.15, -0.1) is 11.6 Å². The zero-order valence-corrected chi connectivity index (χ0v) is 7.85. The molecule has 2 bridgehead atoms. The lowest BCUT2D eigenvalue weighted by molar-refractivity contribution is 0.0705. The number of alkyl halides is 1. The van der Waals surface area contributed by atoms with E-state index in [0.29, 0.717) is 11.4 Å². The Morgan fingerprint density at radius 3 is 2.73 bits per heavy atom. The van der Waals surface area contributed by atoms with E-state index in [1.807, 2.05) is 0 Å². The fourth-order valence-electron chi connectivity index (χ4n) is 2.57. The average molecular weight is 174 g/mol. The van der Waals surface area contributed by atoms with Gasteiger partial charge in [-0.05, 0) is 32.7 Å². The maximum atomic E-state index is 6.24. The van der Waals surface area contributed by atoms with E-state index in [4.69, 9.17) is 11.6 Å². The van der Waals surface area contributed by atoms with Crippen LogP contribution in [-0.2, 0) is 0 Å². The van der Waals surface area contributed by atoms with Gasteiger partial charge in [0.05, 0.1) is 0 Å². The maximum Gasteiger partial charge on any atom is 0.0492 e. The highest BCUT2D eigenvalue weighted by molar-refractivity contribution is 6.21. The molecule has 11 heavy (non-hydrogen) atoms. The summed E-state index contributed by atoms with van der Waals surface area (Å²) in [7, 11) is 2.24. The van der Waals surface area contributed by atoms with Gasteiger partial charge in [0, 0.05) is 17.5 Å². The Hall–Kier alpha value is 0.250. The van der Waals surface area contributed by atoms with Crippen LogP contribution in [0.5, 0.6) is 0 Å². The van der Waals surface area contributed by atoms with Crippen LogP contribution in [0.2, 0.25) is 0 Å². The monoisotopic (exact) mass is 173 g/mol. The molecule has 0 spiro atoms. The summed E-state index contributed by atoms with van der Waals surface area (Å²) in [6, 6.07) is 1.54. The predicted octanol–water partition coefficient (Wildman–Crippen LogP) is 2.24. The second-order valence-electron chi connectivity index (χ2n) is 3.91. The van der Waals surface area contributed by atoms with Crippen LogP contribution in [0.1, 0.15) is 32.1 Å². The second kappa shape index (κ2) is 2.95. The van der Waals surface area contributed by atoms with Crippen LogP contribution in [0.3, 0.4) is 0 Å². The molecule has 0 saturated carbocycles. The minimum Gasteiger partial charge on any atom is -0.299 e. The number of fused-ring (bicyclic) bond motifs is 2. The summed E-state index contributed by atoms with van der Waals surface area (Å²) < 4.78 is 0. The van der Waals surface area contributed by atoms with Crippen LogP contribution in [0.4, 0.5) is 0 Å². The average Bonchev–Trinajstić information content (AvgIpc) is 1.98. The largest absolute Gasteiger partial charge is 0.299 e. The van der Waals surface area contributed by atoms with Gasteiger partial charge in [-0.25, -0.2) is 0 Å². The molecule has 3 atom stereocenters. The van der Waals surface area contributed by atoms with Crippen molar-refractivity contribution in [2.75, 3.05) is 7.05 Å². The highest BCUT2D eigenvalue weighted by Gasteiger charge is 2.36. The van der Waals surface area contributed by atoms with E-state index in [1.54, 1.807) is 0 Å². The van der Waals surface area contributed by atoms with Crippen LogP contribution in [0.15, 0.2) is 0 Å². The lowest BCUT2D eigenvalue weighted by Crippen LogP contribution is -2.52. The van der Waals surface area contributed by atoms with Crippen LogP contribution >= 0.6 is 11.6 Å². The van der Waals surface area contributed by atoms with E-state index in [0.717, 1.165) is 6.04 Å². The predicted molar refractivity (Wildman–Crippen MR) is 48.1 cm³/mol. The third-order valence-electron chi connectivity index (χ3n) is 3.33. The topological polar surface area (TPSA) is 3.24 Å². The van der Waals surface area contributed by atoms with Crippen molar-refractivity contribution in [2.45, 2.75) is 49.6 Å². The molecule has 2 aliphatic heterocycles. The van der Waals surface area contributed by atoms with Gasteiger partial charge in [-0.2, -0.15) is 0 Å². The van der Waals surface area contributed by atoms with Gasteiger partial charge in [0.25, 0.3) is 0 Å².